The largest absolute Gasteiger partial charge is 0.403 e. The minimum absolute atomic E-state index is 0.267. The summed E-state index contributed by atoms with van der Waals surface area (Å²) in [6.07, 6.45) is -5.80. The first-order valence-corrected chi connectivity index (χ1v) is 12.7. The Morgan fingerprint density at radius 1 is 1.00 bits per heavy atom. The lowest BCUT2D eigenvalue weighted by atomic mass is 9.93. The number of alkyl halides is 3. The van der Waals surface area contributed by atoms with Crippen molar-refractivity contribution in [1.29, 1.82) is 0 Å². The van der Waals surface area contributed by atoms with Crippen molar-refractivity contribution in [1.82, 2.24) is 4.90 Å². The SMILES string of the molecule is CN1C(=O)[C@H](N(C(=O)C2(C(F)(F)F)CC2)C(C)(C)C(N)=O)CN(c2cc(Cl)cc(Cl)c2)c2ccc(Cl)cc21. The first-order chi connectivity index (χ1) is 17.5. The minimum Gasteiger partial charge on any atom is -0.368 e. The topological polar surface area (TPSA) is 87.0 Å². The molecule has 0 spiro atoms. The molecule has 0 saturated heterocycles. The quantitative estimate of drug-likeness (QED) is 0.493. The van der Waals surface area contributed by atoms with Gasteiger partial charge in [-0.05, 0) is 63.1 Å². The lowest BCUT2D eigenvalue weighted by Crippen LogP contribution is -2.67. The normalized spacial score (nSPS) is 19.1. The third-order valence-corrected chi connectivity index (χ3v) is 7.83. The van der Waals surface area contributed by atoms with Crippen LogP contribution in [0.2, 0.25) is 15.1 Å². The Balaban J connectivity index is 1.94. The molecule has 1 aliphatic carbocycles. The van der Waals surface area contributed by atoms with E-state index in [1.165, 1.54) is 37.9 Å². The molecule has 1 aliphatic heterocycles. The molecule has 2 aliphatic rings. The van der Waals surface area contributed by atoms with Crippen LogP contribution < -0.4 is 15.5 Å². The van der Waals surface area contributed by atoms with Gasteiger partial charge in [0.1, 0.15) is 17.0 Å². The van der Waals surface area contributed by atoms with Crippen molar-refractivity contribution in [2.75, 3.05) is 23.4 Å². The number of primary amides is 1. The molecule has 13 heteroatoms. The van der Waals surface area contributed by atoms with Gasteiger partial charge in [0.05, 0.1) is 17.9 Å². The van der Waals surface area contributed by atoms with Gasteiger partial charge in [-0.3, -0.25) is 14.4 Å². The standard InChI is InChI=1S/C25H24Cl3F3N4O3/c1-23(2,21(32)37)35(22(38)24(6-7-24)25(29,30)31)19-12-34(16-9-14(27)8-15(28)10-16)17-5-4-13(26)11-18(17)33(3)20(19)36/h4-5,8-11,19H,6-7,12H2,1-3H3,(H2,32,37)/t19-/m1/s1. The van der Waals surface area contributed by atoms with Crippen LogP contribution in [0.3, 0.4) is 0 Å². The van der Waals surface area contributed by atoms with Gasteiger partial charge in [-0.15, -0.1) is 0 Å². The van der Waals surface area contributed by atoms with E-state index in [1.807, 2.05) is 0 Å². The lowest BCUT2D eigenvalue weighted by Gasteiger charge is -2.44. The summed E-state index contributed by atoms with van der Waals surface area (Å²) >= 11 is 18.7. The van der Waals surface area contributed by atoms with Crippen LogP contribution >= 0.6 is 34.8 Å². The molecule has 1 fully saturated rings. The number of amides is 3. The molecule has 4 rings (SSSR count). The molecule has 1 saturated carbocycles. The van der Waals surface area contributed by atoms with Gasteiger partial charge in [0.2, 0.25) is 11.8 Å². The molecule has 2 aromatic carbocycles. The molecule has 0 aromatic heterocycles. The van der Waals surface area contributed by atoms with Crippen LogP contribution in [0, 0.1) is 5.41 Å². The molecule has 38 heavy (non-hydrogen) atoms. The summed E-state index contributed by atoms with van der Waals surface area (Å²) in [6, 6.07) is 7.77. The fourth-order valence-corrected chi connectivity index (χ4v) is 5.38. The zero-order valence-corrected chi connectivity index (χ0v) is 22.8. The van der Waals surface area contributed by atoms with E-state index < -0.39 is 53.7 Å². The van der Waals surface area contributed by atoms with Crippen LogP contribution in [0.5, 0.6) is 0 Å². The minimum atomic E-state index is -4.88. The molecule has 0 radical (unpaired) electrons. The second kappa shape index (κ2) is 9.50. The van der Waals surface area contributed by atoms with E-state index in [9.17, 15) is 27.6 Å². The Bertz CT molecular complexity index is 1310. The van der Waals surface area contributed by atoms with E-state index in [2.05, 4.69) is 0 Å². The lowest BCUT2D eigenvalue weighted by molar-refractivity contribution is -0.203. The molecule has 0 bridgehead atoms. The number of fused-ring (bicyclic) bond motifs is 1. The van der Waals surface area contributed by atoms with Crippen molar-refractivity contribution >= 4 is 69.6 Å². The van der Waals surface area contributed by atoms with E-state index in [0.29, 0.717) is 27.0 Å². The Morgan fingerprint density at radius 2 is 1.58 bits per heavy atom. The highest BCUT2D eigenvalue weighted by Crippen LogP contribution is 2.59. The fraction of sp³-hybridized carbons (Fsp3) is 0.400. The molecule has 1 heterocycles. The smallest absolute Gasteiger partial charge is 0.368 e. The van der Waals surface area contributed by atoms with Gasteiger partial charge in [0, 0.05) is 27.8 Å². The summed E-state index contributed by atoms with van der Waals surface area (Å²) in [5.41, 5.74) is 2.11. The van der Waals surface area contributed by atoms with E-state index in [0.717, 1.165) is 0 Å². The molecule has 7 nitrogen and oxygen atoms in total. The number of hydrogen-bond donors (Lipinski definition) is 1. The van der Waals surface area contributed by atoms with Crippen molar-refractivity contribution in [3.05, 3.63) is 51.5 Å². The highest BCUT2D eigenvalue weighted by Gasteiger charge is 2.71. The Labute approximate surface area is 232 Å². The first kappa shape index (κ1) is 28.3. The third kappa shape index (κ3) is 4.67. The van der Waals surface area contributed by atoms with E-state index in [1.54, 1.807) is 29.2 Å². The zero-order valence-electron chi connectivity index (χ0n) is 20.6. The van der Waals surface area contributed by atoms with Crippen molar-refractivity contribution in [2.24, 2.45) is 11.1 Å². The monoisotopic (exact) mass is 590 g/mol. The molecule has 2 N–H and O–H groups in total. The number of likely N-dealkylation sites (N-methyl/N-ethyl adjacent to an activating group) is 1. The van der Waals surface area contributed by atoms with Gasteiger partial charge < -0.3 is 20.4 Å². The summed E-state index contributed by atoms with van der Waals surface area (Å²) in [5.74, 6) is -3.18. The number of carbonyl (C=O) groups excluding carboxylic acids is 3. The number of benzene rings is 2. The van der Waals surface area contributed by atoms with Crippen LogP contribution in [0.4, 0.5) is 30.2 Å². The van der Waals surface area contributed by atoms with Crippen molar-refractivity contribution in [2.45, 2.75) is 44.4 Å². The molecule has 204 valence electrons. The van der Waals surface area contributed by atoms with Gasteiger partial charge in [-0.2, -0.15) is 13.2 Å². The molecular weight excluding hydrogens is 568 g/mol. The van der Waals surface area contributed by atoms with Gasteiger partial charge >= 0.3 is 6.18 Å². The highest BCUT2D eigenvalue weighted by atomic mass is 35.5. The Kier molecular flexibility index (Phi) is 7.08. The summed E-state index contributed by atoms with van der Waals surface area (Å²) in [5, 5.41) is 0.830. The predicted octanol–water partition coefficient (Wildman–Crippen LogP) is 5.56. The molecule has 2 aromatic rings. The maximum atomic E-state index is 14.1. The average molecular weight is 592 g/mol. The summed E-state index contributed by atoms with van der Waals surface area (Å²) in [6.45, 7) is 2.12. The number of carbonyl (C=O) groups is 3. The molecule has 3 amide bonds. The third-order valence-electron chi connectivity index (χ3n) is 7.16. The second-order valence-corrected chi connectivity index (χ2v) is 11.3. The van der Waals surface area contributed by atoms with E-state index >= 15 is 0 Å². The number of nitrogens with zero attached hydrogens (tertiary/aromatic N) is 3. The van der Waals surface area contributed by atoms with Crippen LogP contribution in [-0.4, -0.2) is 54.0 Å². The molecule has 0 unspecified atom stereocenters. The van der Waals surface area contributed by atoms with Crippen LogP contribution in [-0.2, 0) is 14.4 Å². The van der Waals surface area contributed by atoms with Gasteiger partial charge in [-0.1, -0.05) is 34.8 Å². The number of anilines is 3. The number of nitrogens with two attached hydrogens (primary N) is 1. The number of hydrogen-bond acceptors (Lipinski definition) is 4. The number of halogens is 6. The number of rotatable bonds is 5. The van der Waals surface area contributed by atoms with Gasteiger partial charge in [0.25, 0.3) is 5.91 Å². The van der Waals surface area contributed by atoms with Crippen molar-refractivity contribution in [3.8, 4) is 0 Å². The van der Waals surface area contributed by atoms with E-state index in [-0.39, 0.29) is 16.6 Å². The predicted molar refractivity (Wildman–Crippen MR) is 140 cm³/mol. The summed E-state index contributed by atoms with van der Waals surface area (Å²) in [7, 11) is 1.41. The zero-order chi connectivity index (χ0) is 28.4. The van der Waals surface area contributed by atoms with Crippen molar-refractivity contribution < 1.29 is 27.6 Å². The molecular formula is C25H24Cl3F3N4O3. The van der Waals surface area contributed by atoms with Crippen LogP contribution in [0.1, 0.15) is 26.7 Å². The van der Waals surface area contributed by atoms with Crippen LogP contribution in [0.15, 0.2) is 36.4 Å². The van der Waals surface area contributed by atoms with E-state index in [4.69, 9.17) is 40.5 Å². The Morgan fingerprint density at radius 3 is 2.08 bits per heavy atom. The highest BCUT2D eigenvalue weighted by molar-refractivity contribution is 6.35. The van der Waals surface area contributed by atoms with Crippen LogP contribution in [0.25, 0.3) is 0 Å². The molecule has 1 atom stereocenters. The average Bonchev–Trinajstić information content (AvgIpc) is 3.62. The summed E-state index contributed by atoms with van der Waals surface area (Å²) < 4.78 is 42.3. The van der Waals surface area contributed by atoms with Crippen molar-refractivity contribution in [3.63, 3.8) is 0 Å². The maximum Gasteiger partial charge on any atom is 0.403 e. The first-order valence-electron chi connectivity index (χ1n) is 11.5. The van der Waals surface area contributed by atoms with Gasteiger partial charge in [0.15, 0.2) is 0 Å². The maximum absolute atomic E-state index is 14.1. The summed E-state index contributed by atoms with van der Waals surface area (Å²) in [4.78, 5) is 43.7. The van der Waals surface area contributed by atoms with Gasteiger partial charge in [-0.25, -0.2) is 0 Å². The fourth-order valence-electron chi connectivity index (χ4n) is 4.69. The second-order valence-electron chi connectivity index (χ2n) is 9.96. The Hall–Kier alpha value is -2.69.